The fourth-order valence-corrected chi connectivity index (χ4v) is 3.33. The first-order valence-corrected chi connectivity index (χ1v) is 9.48. The standard InChI is InChI=1S/C22H21F3N4O2/c1-4-31-21(30)17(11-26)19(22(23,24)25)28-18-12-27-20(16-8-6-5-7-15(16)18)29-13(2)9-10-14(29)3/h5-12,26,28H,4H2,1-3H3/b19-17+,26-11?. The van der Waals surface area contributed by atoms with Crippen molar-refractivity contribution < 1.29 is 22.7 Å². The Morgan fingerprint density at radius 2 is 1.77 bits per heavy atom. The number of aromatic nitrogens is 2. The summed E-state index contributed by atoms with van der Waals surface area (Å²) in [5.41, 5.74) is -0.383. The van der Waals surface area contributed by atoms with Crippen molar-refractivity contribution in [3.05, 3.63) is 65.3 Å². The maximum absolute atomic E-state index is 13.8. The van der Waals surface area contributed by atoms with E-state index < -0.39 is 23.4 Å². The highest BCUT2D eigenvalue weighted by atomic mass is 19.4. The molecule has 31 heavy (non-hydrogen) atoms. The summed E-state index contributed by atoms with van der Waals surface area (Å²) in [6.07, 6.45) is -3.30. The smallest absolute Gasteiger partial charge is 0.432 e. The lowest BCUT2D eigenvalue weighted by atomic mass is 10.1. The molecule has 0 saturated carbocycles. The van der Waals surface area contributed by atoms with E-state index >= 15 is 0 Å². The van der Waals surface area contributed by atoms with Gasteiger partial charge < -0.3 is 20.0 Å². The van der Waals surface area contributed by atoms with Crippen LogP contribution in [0.1, 0.15) is 18.3 Å². The summed E-state index contributed by atoms with van der Waals surface area (Å²) in [5.74, 6) is -0.652. The molecule has 0 aliphatic carbocycles. The number of carbonyl (C=O) groups excluding carboxylic acids is 1. The molecule has 0 atom stereocenters. The van der Waals surface area contributed by atoms with Crippen LogP contribution in [0.5, 0.6) is 0 Å². The number of hydrogen-bond donors (Lipinski definition) is 2. The maximum Gasteiger partial charge on any atom is 0.432 e. The largest absolute Gasteiger partial charge is 0.462 e. The van der Waals surface area contributed by atoms with E-state index in [-0.39, 0.29) is 12.3 Å². The van der Waals surface area contributed by atoms with E-state index in [1.54, 1.807) is 24.3 Å². The van der Waals surface area contributed by atoms with Gasteiger partial charge in [-0.15, -0.1) is 0 Å². The lowest BCUT2D eigenvalue weighted by Gasteiger charge is -2.19. The Kier molecular flexibility index (Phi) is 6.14. The van der Waals surface area contributed by atoms with Gasteiger partial charge in [0.05, 0.1) is 18.5 Å². The fourth-order valence-electron chi connectivity index (χ4n) is 3.33. The summed E-state index contributed by atoms with van der Waals surface area (Å²) in [6, 6.07) is 10.8. The van der Waals surface area contributed by atoms with Crippen LogP contribution in [-0.4, -0.2) is 34.5 Å². The Morgan fingerprint density at radius 3 is 2.32 bits per heavy atom. The number of nitrogens with one attached hydrogen (secondary N) is 2. The molecule has 2 heterocycles. The number of alkyl halides is 3. The van der Waals surface area contributed by atoms with Gasteiger partial charge in [0.1, 0.15) is 17.1 Å². The number of aryl methyl sites for hydroxylation is 2. The first-order valence-electron chi connectivity index (χ1n) is 9.48. The van der Waals surface area contributed by atoms with Crippen LogP contribution >= 0.6 is 0 Å². The van der Waals surface area contributed by atoms with Crippen LogP contribution in [0.25, 0.3) is 16.6 Å². The molecule has 0 aliphatic rings. The van der Waals surface area contributed by atoms with Gasteiger partial charge in [0.2, 0.25) is 0 Å². The molecule has 0 amide bonds. The zero-order valence-corrected chi connectivity index (χ0v) is 17.2. The van der Waals surface area contributed by atoms with Crippen LogP contribution in [0.4, 0.5) is 18.9 Å². The second kappa shape index (κ2) is 8.63. The van der Waals surface area contributed by atoms with Crippen molar-refractivity contribution in [1.29, 1.82) is 5.41 Å². The number of carbonyl (C=O) groups is 1. The van der Waals surface area contributed by atoms with Crippen molar-refractivity contribution >= 4 is 28.6 Å². The van der Waals surface area contributed by atoms with Crippen molar-refractivity contribution in [2.45, 2.75) is 26.9 Å². The molecule has 0 spiro atoms. The van der Waals surface area contributed by atoms with Crippen molar-refractivity contribution in [1.82, 2.24) is 9.55 Å². The highest BCUT2D eigenvalue weighted by molar-refractivity contribution is 6.10. The summed E-state index contributed by atoms with van der Waals surface area (Å²) < 4.78 is 48.0. The first kappa shape index (κ1) is 22.1. The van der Waals surface area contributed by atoms with Gasteiger partial charge >= 0.3 is 12.1 Å². The predicted octanol–water partition coefficient (Wildman–Crippen LogP) is 5.08. The number of allylic oxidation sites excluding steroid dienone is 1. The topological polar surface area (TPSA) is 80.0 Å². The molecule has 3 rings (SSSR count). The Balaban J connectivity index is 2.20. The van der Waals surface area contributed by atoms with E-state index in [1.807, 2.05) is 30.5 Å². The van der Waals surface area contributed by atoms with Crippen LogP contribution in [0.2, 0.25) is 0 Å². The van der Waals surface area contributed by atoms with Gasteiger partial charge in [-0.3, -0.25) is 0 Å². The monoisotopic (exact) mass is 430 g/mol. The van der Waals surface area contributed by atoms with Crippen molar-refractivity contribution in [2.75, 3.05) is 11.9 Å². The van der Waals surface area contributed by atoms with Crippen LogP contribution < -0.4 is 5.32 Å². The minimum Gasteiger partial charge on any atom is -0.462 e. The highest BCUT2D eigenvalue weighted by Crippen LogP contribution is 2.34. The van der Waals surface area contributed by atoms with Gasteiger partial charge in [0.15, 0.2) is 0 Å². The van der Waals surface area contributed by atoms with E-state index in [4.69, 9.17) is 5.41 Å². The van der Waals surface area contributed by atoms with E-state index in [0.29, 0.717) is 22.8 Å². The molecule has 162 valence electrons. The van der Waals surface area contributed by atoms with Crippen LogP contribution in [0.3, 0.4) is 0 Å². The minimum atomic E-state index is -4.92. The summed E-state index contributed by atoms with van der Waals surface area (Å²) in [4.78, 5) is 16.4. The minimum absolute atomic E-state index is 0.0535. The molecule has 6 nitrogen and oxygen atoms in total. The maximum atomic E-state index is 13.8. The average molecular weight is 430 g/mol. The van der Waals surface area contributed by atoms with Crippen LogP contribution in [0, 0.1) is 19.3 Å². The zero-order chi connectivity index (χ0) is 22.8. The van der Waals surface area contributed by atoms with E-state index in [2.05, 4.69) is 15.0 Å². The van der Waals surface area contributed by atoms with Gasteiger partial charge in [-0.25, -0.2) is 9.78 Å². The Bertz CT molecular complexity index is 1160. The number of ether oxygens (including phenoxy) is 1. The highest BCUT2D eigenvalue weighted by Gasteiger charge is 2.39. The first-order chi connectivity index (χ1) is 14.7. The van der Waals surface area contributed by atoms with Crippen LogP contribution in [0.15, 0.2) is 53.9 Å². The molecule has 2 N–H and O–H groups in total. The molecule has 0 bridgehead atoms. The third-order valence-electron chi connectivity index (χ3n) is 4.71. The number of halogens is 3. The van der Waals surface area contributed by atoms with Crippen molar-refractivity contribution in [3.8, 4) is 5.82 Å². The quantitative estimate of drug-likeness (QED) is 0.325. The number of esters is 1. The number of pyridine rings is 1. The number of hydrogen-bond acceptors (Lipinski definition) is 5. The summed E-state index contributed by atoms with van der Waals surface area (Å²) in [6.45, 7) is 5.18. The molecule has 1 aromatic carbocycles. The van der Waals surface area contributed by atoms with Gasteiger partial charge in [-0.2, -0.15) is 13.2 Å². The molecular formula is C22H21F3N4O2. The summed E-state index contributed by atoms with van der Waals surface area (Å²) in [5, 5.41) is 10.7. The molecule has 2 aromatic heterocycles. The van der Waals surface area contributed by atoms with Crippen molar-refractivity contribution in [3.63, 3.8) is 0 Å². The number of benzene rings is 1. The normalized spacial score (nSPS) is 12.5. The van der Waals surface area contributed by atoms with Crippen molar-refractivity contribution in [2.24, 2.45) is 0 Å². The summed E-state index contributed by atoms with van der Waals surface area (Å²) in [7, 11) is 0. The number of rotatable bonds is 6. The zero-order valence-electron chi connectivity index (χ0n) is 17.2. The number of fused-ring (bicyclic) bond motifs is 1. The number of nitrogens with zero attached hydrogens (tertiary/aromatic N) is 2. The lowest BCUT2D eigenvalue weighted by molar-refractivity contribution is -0.139. The molecule has 0 aliphatic heterocycles. The Morgan fingerprint density at radius 1 is 1.16 bits per heavy atom. The lowest BCUT2D eigenvalue weighted by Crippen LogP contribution is -2.26. The third-order valence-corrected chi connectivity index (χ3v) is 4.71. The van der Waals surface area contributed by atoms with Gasteiger partial charge in [-0.05, 0) is 32.9 Å². The number of anilines is 1. The second-order valence-corrected chi connectivity index (χ2v) is 6.77. The van der Waals surface area contributed by atoms with E-state index in [9.17, 15) is 18.0 Å². The third kappa shape index (κ3) is 4.30. The van der Waals surface area contributed by atoms with Gasteiger partial charge in [0, 0.05) is 28.4 Å². The Hall–Kier alpha value is -3.62. The molecule has 0 fully saturated rings. The predicted molar refractivity (Wildman–Crippen MR) is 113 cm³/mol. The SMILES string of the molecule is CCOC(=O)/C(C=N)=C(/Nc1cnc(-n2c(C)ccc2C)c2ccccc12)C(F)(F)F. The molecule has 0 unspecified atom stereocenters. The molecule has 9 heteroatoms. The van der Waals surface area contributed by atoms with Crippen LogP contribution in [-0.2, 0) is 9.53 Å². The molecule has 0 radical (unpaired) electrons. The molecular weight excluding hydrogens is 409 g/mol. The second-order valence-electron chi connectivity index (χ2n) is 6.77. The van der Waals surface area contributed by atoms with Gasteiger partial charge in [0.25, 0.3) is 0 Å². The average Bonchev–Trinajstić information content (AvgIpc) is 3.05. The fraction of sp³-hybridized carbons (Fsp3) is 0.227. The van der Waals surface area contributed by atoms with E-state index in [1.165, 1.54) is 13.1 Å². The summed E-state index contributed by atoms with van der Waals surface area (Å²) >= 11 is 0. The molecule has 3 aromatic rings. The van der Waals surface area contributed by atoms with Gasteiger partial charge in [-0.1, -0.05) is 24.3 Å². The molecule has 0 saturated heterocycles. The van der Waals surface area contributed by atoms with E-state index in [0.717, 1.165) is 11.4 Å². The Labute approximate surface area is 176 Å².